The van der Waals surface area contributed by atoms with Crippen LogP contribution in [0.15, 0.2) is 53.7 Å². The van der Waals surface area contributed by atoms with E-state index in [1.165, 1.54) is 30.0 Å². The molecule has 1 aliphatic heterocycles. The largest absolute Gasteiger partial charge is 0.341 e. The molecule has 0 radical (unpaired) electrons. The smallest absolute Gasteiger partial charge is 0.271 e. The number of rotatable bonds is 7. The molecular weight excluding hydrogens is 452 g/mol. The van der Waals surface area contributed by atoms with E-state index in [0.29, 0.717) is 15.9 Å². The quantitative estimate of drug-likeness (QED) is 0.305. The van der Waals surface area contributed by atoms with Crippen LogP contribution in [0.4, 0.5) is 17.3 Å². The Morgan fingerprint density at radius 3 is 2.66 bits per heavy atom. The minimum Gasteiger partial charge on any atom is -0.341 e. The summed E-state index contributed by atoms with van der Waals surface area (Å²) in [4.78, 5) is 25.4. The number of halogens is 1. The van der Waals surface area contributed by atoms with E-state index in [1.54, 1.807) is 19.1 Å². The van der Waals surface area contributed by atoms with Crippen molar-refractivity contribution >= 4 is 46.6 Å². The van der Waals surface area contributed by atoms with Gasteiger partial charge in [0.1, 0.15) is 0 Å². The maximum atomic E-state index is 12.8. The van der Waals surface area contributed by atoms with Gasteiger partial charge in [-0.3, -0.25) is 19.5 Å². The maximum absolute atomic E-state index is 12.8. The van der Waals surface area contributed by atoms with Crippen LogP contribution in [-0.2, 0) is 4.79 Å². The lowest BCUT2D eigenvalue weighted by atomic mass is 10.2. The molecule has 0 aliphatic carbocycles. The van der Waals surface area contributed by atoms with E-state index in [0.717, 1.165) is 37.6 Å². The summed E-state index contributed by atoms with van der Waals surface area (Å²) in [6.45, 7) is 3.54. The molecule has 1 saturated heterocycles. The van der Waals surface area contributed by atoms with Crippen LogP contribution in [0.5, 0.6) is 0 Å². The molecule has 0 bridgehead atoms. The zero-order valence-electron chi connectivity index (χ0n) is 17.3. The van der Waals surface area contributed by atoms with Crippen LogP contribution < -0.4 is 10.2 Å². The number of amides is 1. The van der Waals surface area contributed by atoms with Gasteiger partial charge in [-0.25, -0.2) is 0 Å². The molecule has 166 valence electrons. The van der Waals surface area contributed by atoms with E-state index in [1.807, 2.05) is 22.8 Å². The Kier molecular flexibility index (Phi) is 6.61. The van der Waals surface area contributed by atoms with Crippen molar-refractivity contribution in [1.29, 1.82) is 0 Å². The van der Waals surface area contributed by atoms with Crippen LogP contribution >= 0.6 is 23.4 Å². The zero-order chi connectivity index (χ0) is 22.7. The number of hydrogen-bond acceptors (Lipinski definition) is 7. The van der Waals surface area contributed by atoms with Crippen LogP contribution in [0, 0.1) is 10.1 Å². The van der Waals surface area contributed by atoms with Crippen LogP contribution in [0.1, 0.15) is 19.8 Å². The fraction of sp³-hybridized carbons (Fsp3) is 0.286. The summed E-state index contributed by atoms with van der Waals surface area (Å²) < 4.78 is 1.92. The van der Waals surface area contributed by atoms with Gasteiger partial charge < -0.3 is 10.2 Å². The van der Waals surface area contributed by atoms with Gasteiger partial charge in [-0.15, -0.1) is 10.2 Å². The Hall–Kier alpha value is -3.11. The first kappa shape index (κ1) is 22.1. The Balaban J connectivity index is 1.57. The summed E-state index contributed by atoms with van der Waals surface area (Å²) in [5.41, 5.74) is 1.10. The number of carbonyl (C=O) groups is 1. The number of nitrogens with one attached hydrogen (secondary N) is 1. The van der Waals surface area contributed by atoms with Gasteiger partial charge >= 0.3 is 0 Å². The first-order chi connectivity index (χ1) is 15.4. The highest BCUT2D eigenvalue weighted by molar-refractivity contribution is 8.00. The Bertz CT molecular complexity index is 1150. The van der Waals surface area contributed by atoms with E-state index in [4.69, 9.17) is 11.6 Å². The second kappa shape index (κ2) is 9.58. The second-order valence-electron chi connectivity index (χ2n) is 7.35. The van der Waals surface area contributed by atoms with Gasteiger partial charge in [-0.05, 0) is 44.0 Å². The monoisotopic (exact) mass is 472 g/mol. The van der Waals surface area contributed by atoms with Crippen molar-refractivity contribution in [3.63, 3.8) is 0 Å². The van der Waals surface area contributed by atoms with Gasteiger partial charge in [0.15, 0.2) is 5.16 Å². The number of nitrogens with zero attached hydrogens (tertiary/aromatic N) is 5. The molecule has 32 heavy (non-hydrogen) atoms. The van der Waals surface area contributed by atoms with Gasteiger partial charge in [0.2, 0.25) is 11.9 Å². The highest BCUT2D eigenvalue weighted by Gasteiger charge is 2.25. The lowest BCUT2D eigenvalue weighted by molar-refractivity contribution is -0.384. The van der Waals surface area contributed by atoms with E-state index >= 15 is 0 Å². The molecule has 1 atom stereocenters. The topological polar surface area (TPSA) is 106 Å². The van der Waals surface area contributed by atoms with Crippen molar-refractivity contribution in [2.45, 2.75) is 30.2 Å². The Morgan fingerprint density at radius 2 is 1.94 bits per heavy atom. The van der Waals surface area contributed by atoms with Crippen LogP contribution in [0.3, 0.4) is 0 Å². The minimum absolute atomic E-state index is 0.0842. The normalized spacial score (nSPS) is 14.4. The zero-order valence-corrected chi connectivity index (χ0v) is 18.8. The molecule has 0 spiro atoms. The lowest BCUT2D eigenvalue weighted by Crippen LogP contribution is -2.24. The molecule has 1 fully saturated rings. The predicted octanol–water partition coefficient (Wildman–Crippen LogP) is 4.55. The average molecular weight is 473 g/mol. The van der Waals surface area contributed by atoms with Crippen LogP contribution in [-0.4, -0.2) is 43.9 Å². The third-order valence-corrected chi connectivity index (χ3v) is 6.33. The number of carbonyl (C=O) groups excluding carboxylic acids is 1. The summed E-state index contributed by atoms with van der Waals surface area (Å²) in [7, 11) is 0. The number of nitro groups is 1. The molecule has 1 aromatic heterocycles. The van der Waals surface area contributed by atoms with Gasteiger partial charge in [-0.2, -0.15) is 0 Å². The van der Waals surface area contributed by atoms with E-state index < -0.39 is 10.2 Å². The van der Waals surface area contributed by atoms with Gasteiger partial charge in [-0.1, -0.05) is 35.5 Å². The number of non-ortho nitro benzene ring substituents is 1. The molecule has 4 rings (SSSR count). The van der Waals surface area contributed by atoms with Gasteiger partial charge in [0, 0.05) is 35.9 Å². The SMILES string of the molecule is CC(Sc1nnc(N2CCCC2)n1-c1cccc(Cl)c1)C(=O)Nc1cccc([N+](=O)[O-])c1. The first-order valence-electron chi connectivity index (χ1n) is 10.1. The summed E-state index contributed by atoms with van der Waals surface area (Å²) in [6.07, 6.45) is 2.18. The average Bonchev–Trinajstić information content (AvgIpc) is 3.43. The molecule has 1 N–H and O–H groups in total. The van der Waals surface area contributed by atoms with E-state index in [-0.39, 0.29) is 11.6 Å². The second-order valence-corrected chi connectivity index (χ2v) is 9.09. The summed E-state index contributed by atoms with van der Waals surface area (Å²) >= 11 is 7.48. The number of aromatic nitrogens is 3. The van der Waals surface area contributed by atoms with Crippen molar-refractivity contribution < 1.29 is 9.72 Å². The van der Waals surface area contributed by atoms with Crippen molar-refractivity contribution in [3.8, 4) is 5.69 Å². The van der Waals surface area contributed by atoms with Crippen molar-refractivity contribution in [3.05, 3.63) is 63.7 Å². The number of anilines is 2. The molecule has 2 aromatic carbocycles. The molecule has 3 aromatic rings. The van der Waals surface area contributed by atoms with Gasteiger partial charge in [0.05, 0.1) is 15.9 Å². The van der Waals surface area contributed by atoms with Crippen LogP contribution in [0.2, 0.25) is 5.02 Å². The first-order valence-corrected chi connectivity index (χ1v) is 11.4. The van der Waals surface area contributed by atoms with Gasteiger partial charge in [0.25, 0.3) is 5.69 Å². The fourth-order valence-electron chi connectivity index (χ4n) is 3.45. The summed E-state index contributed by atoms with van der Waals surface area (Å²) in [6, 6.07) is 13.3. The molecule has 0 saturated carbocycles. The number of benzene rings is 2. The Morgan fingerprint density at radius 1 is 1.19 bits per heavy atom. The Labute approximate surface area is 193 Å². The number of nitro benzene ring substituents is 1. The van der Waals surface area contributed by atoms with Crippen molar-refractivity contribution in [2.24, 2.45) is 0 Å². The summed E-state index contributed by atoms with van der Waals surface area (Å²) in [5, 5.41) is 23.1. The van der Waals surface area contributed by atoms with Crippen LogP contribution in [0.25, 0.3) is 5.69 Å². The minimum atomic E-state index is -0.525. The maximum Gasteiger partial charge on any atom is 0.271 e. The van der Waals surface area contributed by atoms with E-state index in [2.05, 4.69) is 20.4 Å². The molecule has 2 heterocycles. The molecule has 11 heteroatoms. The third kappa shape index (κ3) is 4.86. The van der Waals surface area contributed by atoms with Crippen molar-refractivity contribution in [1.82, 2.24) is 14.8 Å². The highest BCUT2D eigenvalue weighted by atomic mass is 35.5. The standard InChI is InChI=1S/C21H21ClN6O3S/c1-14(19(29)23-16-7-5-9-18(13-16)28(30)31)32-21-25-24-20(26-10-2-3-11-26)27(21)17-8-4-6-15(22)12-17/h4-9,12-14H,2-3,10-11H2,1H3,(H,23,29). The molecule has 1 unspecified atom stereocenters. The third-order valence-electron chi connectivity index (χ3n) is 5.05. The number of hydrogen-bond donors (Lipinski definition) is 1. The number of thioether (sulfide) groups is 1. The van der Waals surface area contributed by atoms with E-state index in [9.17, 15) is 14.9 Å². The summed E-state index contributed by atoms with van der Waals surface area (Å²) in [5.74, 6) is 0.428. The molecule has 1 aliphatic rings. The molecule has 1 amide bonds. The molecule has 9 nitrogen and oxygen atoms in total. The lowest BCUT2D eigenvalue weighted by Gasteiger charge is -2.19. The fourth-order valence-corrected chi connectivity index (χ4v) is 4.50. The van der Waals surface area contributed by atoms with Crippen molar-refractivity contribution in [2.75, 3.05) is 23.3 Å². The predicted molar refractivity (Wildman–Crippen MR) is 125 cm³/mol. The highest BCUT2D eigenvalue weighted by Crippen LogP contribution is 2.32. The molecular formula is C21H21ClN6O3S.